The molecule has 2 aromatic carbocycles. The largest absolute Gasteiger partial charge is 0.352 e. The van der Waals surface area contributed by atoms with E-state index < -0.39 is 5.25 Å². The van der Waals surface area contributed by atoms with Crippen LogP contribution in [0.1, 0.15) is 24.0 Å². The zero-order valence-electron chi connectivity index (χ0n) is 16.9. The fraction of sp³-hybridized carbons (Fsp3) is 0.348. The minimum atomic E-state index is -0.771. The quantitative estimate of drug-likeness (QED) is 0.741. The molecule has 0 aromatic heterocycles. The van der Waals surface area contributed by atoms with Gasteiger partial charge in [0, 0.05) is 30.4 Å². The maximum absolute atomic E-state index is 12.9. The van der Waals surface area contributed by atoms with Gasteiger partial charge in [0.15, 0.2) is 5.25 Å². The lowest BCUT2D eigenvalue weighted by Crippen LogP contribution is -2.49. The number of hydrogen-bond donors (Lipinski definition) is 2. The van der Waals surface area contributed by atoms with Crippen molar-refractivity contribution >= 4 is 35.2 Å². The number of fused-ring (bicyclic) bond motifs is 1. The molecule has 1 saturated heterocycles. The molecule has 0 bridgehead atoms. The average Bonchev–Trinajstić information content (AvgIpc) is 2.77. The Morgan fingerprint density at radius 2 is 1.80 bits per heavy atom. The number of piperidine rings is 1. The van der Waals surface area contributed by atoms with Crippen LogP contribution in [0.2, 0.25) is 0 Å². The SMILES string of the molecule is Cc1ccc(CNC(=O)C2CCN(C(=O)[C@H]3Sc4ccccc4NC3=O)CC2)cc1. The third-order valence-corrected chi connectivity index (χ3v) is 6.88. The number of amides is 3. The van der Waals surface area contributed by atoms with Gasteiger partial charge in [0.1, 0.15) is 0 Å². The van der Waals surface area contributed by atoms with Gasteiger partial charge in [0.2, 0.25) is 17.7 Å². The van der Waals surface area contributed by atoms with Crippen LogP contribution in [0.25, 0.3) is 0 Å². The summed E-state index contributed by atoms with van der Waals surface area (Å²) in [5.74, 6) is -0.526. The van der Waals surface area contributed by atoms with Crippen molar-refractivity contribution in [2.75, 3.05) is 18.4 Å². The Morgan fingerprint density at radius 3 is 2.53 bits per heavy atom. The van der Waals surface area contributed by atoms with Gasteiger partial charge in [-0.25, -0.2) is 0 Å². The molecule has 4 rings (SSSR count). The van der Waals surface area contributed by atoms with E-state index in [9.17, 15) is 14.4 Å². The van der Waals surface area contributed by atoms with Crippen molar-refractivity contribution < 1.29 is 14.4 Å². The second kappa shape index (κ2) is 8.92. The average molecular weight is 424 g/mol. The zero-order chi connectivity index (χ0) is 21.1. The van der Waals surface area contributed by atoms with Crippen LogP contribution in [0, 0.1) is 12.8 Å². The van der Waals surface area contributed by atoms with E-state index in [-0.39, 0.29) is 23.6 Å². The number of anilines is 1. The topological polar surface area (TPSA) is 78.5 Å². The summed E-state index contributed by atoms with van der Waals surface area (Å²) in [6.45, 7) is 3.53. The molecular formula is C23H25N3O3S. The highest BCUT2D eigenvalue weighted by atomic mass is 32.2. The van der Waals surface area contributed by atoms with E-state index in [4.69, 9.17) is 0 Å². The van der Waals surface area contributed by atoms with E-state index in [1.807, 2.05) is 55.5 Å². The lowest BCUT2D eigenvalue weighted by molar-refractivity contribution is -0.137. The molecule has 2 N–H and O–H groups in total. The van der Waals surface area contributed by atoms with Crippen LogP contribution >= 0.6 is 11.8 Å². The Kier molecular flexibility index (Phi) is 6.08. The first-order chi connectivity index (χ1) is 14.5. The molecule has 2 aliphatic rings. The van der Waals surface area contributed by atoms with Crippen LogP contribution in [-0.4, -0.2) is 41.0 Å². The number of para-hydroxylation sites is 1. The van der Waals surface area contributed by atoms with E-state index in [0.29, 0.717) is 32.5 Å². The van der Waals surface area contributed by atoms with E-state index in [1.165, 1.54) is 17.3 Å². The fourth-order valence-electron chi connectivity index (χ4n) is 3.78. The van der Waals surface area contributed by atoms with Gasteiger partial charge in [-0.05, 0) is 37.5 Å². The first-order valence-corrected chi connectivity index (χ1v) is 11.1. The molecule has 3 amide bonds. The van der Waals surface area contributed by atoms with E-state index in [2.05, 4.69) is 10.6 Å². The third kappa shape index (κ3) is 4.51. The molecule has 2 aliphatic heterocycles. The van der Waals surface area contributed by atoms with Crippen LogP contribution in [0.5, 0.6) is 0 Å². The molecule has 0 aliphatic carbocycles. The lowest BCUT2D eigenvalue weighted by Gasteiger charge is -2.34. The smallest absolute Gasteiger partial charge is 0.247 e. The Labute approximate surface area is 180 Å². The second-order valence-electron chi connectivity index (χ2n) is 7.79. The van der Waals surface area contributed by atoms with Crippen molar-refractivity contribution in [2.24, 2.45) is 5.92 Å². The van der Waals surface area contributed by atoms with Crippen LogP contribution in [0.4, 0.5) is 5.69 Å². The number of hydrogen-bond acceptors (Lipinski definition) is 4. The summed E-state index contributed by atoms with van der Waals surface area (Å²) in [4.78, 5) is 40.5. The van der Waals surface area contributed by atoms with Gasteiger partial charge in [-0.2, -0.15) is 0 Å². The van der Waals surface area contributed by atoms with Gasteiger partial charge in [0.25, 0.3) is 0 Å². The Morgan fingerprint density at radius 1 is 1.10 bits per heavy atom. The van der Waals surface area contributed by atoms with Crippen molar-refractivity contribution in [2.45, 2.75) is 36.5 Å². The molecule has 1 fully saturated rings. The minimum Gasteiger partial charge on any atom is -0.352 e. The highest BCUT2D eigenvalue weighted by molar-refractivity contribution is 8.01. The van der Waals surface area contributed by atoms with Gasteiger partial charge < -0.3 is 15.5 Å². The van der Waals surface area contributed by atoms with E-state index in [0.717, 1.165) is 16.1 Å². The number of carbonyl (C=O) groups excluding carboxylic acids is 3. The van der Waals surface area contributed by atoms with Crippen LogP contribution < -0.4 is 10.6 Å². The van der Waals surface area contributed by atoms with Gasteiger partial charge in [-0.3, -0.25) is 14.4 Å². The van der Waals surface area contributed by atoms with Gasteiger partial charge >= 0.3 is 0 Å². The molecule has 1 atom stereocenters. The van der Waals surface area contributed by atoms with Crippen molar-refractivity contribution in [3.63, 3.8) is 0 Å². The summed E-state index contributed by atoms with van der Waals surface area (Å²) in [5.41, 5.74) is 3.01. The minimum absolute atomic E-state index is 0.0291. The summed E-state index contributed by atoms with van der Waals surface area (Å²) in [5, 5.41) is 5.05. The Balaban J connectivity index is 1.28. The summed E-state index contributed by atoms with van der Waals surface area (Å²) in [6.07, 6.45) is 1.22. The molecular weight excluding hydrogens is 398 g/mol. The molecule has 7 heteroatoms. The van der Waals surface area contributed by atoms with Gasteiger partial charge in [-0.15, -0.1) is 11.8 Å². The maximum Gasteiger partial charge on any atom is 0.247 e. The summed E-state index contributed by atoms with van der Waals surface area (Å²) in [6, 6.07) is 15.6. The zero-order valence-corrected chi connectivity index (χ0v) is 17.7. The molecule has 0 saturated carbocycles. The first-order valence-electron chi connectivity index (χ1n) is 10.2. The standard InChI is InChI=1S/C23H25N3O3S/c1-15-6-8-16(9-7-15)14-24-21(27)17-10-12-26(13-11-17)23(29)20-22(28)25-18-4-2-3-5-19(18)30-20/h2-9,17,20H,10-14H2,1H3,(H,24,27)(H,25,28)/t20-/m0/s1. The van der Waals surface area contributed by atoms with Crippen LogP contribution in [0.15, 0.2) is 53.4 Å². The summed E-state index contributed by atoms with van der Waals surface area (Å²) < 4.78 is 0. The van der Waals surface area contributed by atoms with Crippen molar-refractivity contribution in [1.82, 2.24) is 10.2 Å². The molecule has 156 valence electrons. The van der Waals surface area contributed by atoms with E-state index in [1.54, 1.807) is 4.90 Å². The molecule has 0 unspecified atom stereocenters. The normalized spacial score (nSPS) is 19.0. The highest BCUT2D eigenvalue weighted by Gasteiger charge is 2.37. The lowest BCUT2D eigenvalue weighted by atomic mass is 9.95. The van der Waals surface area contributed by atoms with Crippen LogP contribution in [0.3, 0.4) is 0 Å². The monoisotopic (exact) mass is 423 g/mol. The predicted molar refractivity (Wildman–Crippen MR) is 117 cm³/mol. The number of rotatable bonds is 4. The van der Waals surface area contributed by atoms with Crippen molar-refractivity contribution in [3.05, 3.63) is 59.7 Å². The van der Waals surface area contributed by atoms with Crippen LogP contribution in [-0.2, 0) is 20.9 Å². The number of nitrogens with zero attached hydrogens (tertiary/aromatic N) is 1. The number of thioether (sulfide) groups is 1. The summed E-state index contributed by atoms with van der Waals surface area (Å²) >= 11 is 1.30. The molecule has 6 nitrogen and oxygen atoms in total. The molecule has 2 heterocycles. The number of aryl methyl sites for hydroxylation is 1. The second-order valence-corrected chi connectivity index (χ2v) is 8.93. The fourth-order valence-corrected chi connectivity index (χ4v) is 4.85. The molecule has 30 heavy (non-hydrogen) atoms. The van der Waals surface area contributed by atoms with Crippen molar-refractivity contribution in [3.8, 4) is 0 Å². The molecule has 2 aromatic rings. The van der Waals surface area contributed by atoms with Gasteiger partial charge in [-0.1, -0.05) is 42.0 Å². The van der Waals surface area contributed by atoms with Gasteiger partial charge in [0.05, 0.1) is 5.69 Å². The maximum atomic E-state index is 12.9. The number of likely N-dealkylation sites (tertiary alicyclic amines) is 1. The highest BCUT2D eigenvalue weighted by Crippen LogP contribution is 2.36. The van der Waals surface area contributed by atoms with E-state index >= 15 is 0 Å². The Hall–Kier alpha value is -2.80. The number of nitrogens with one attached hydrogen (secondary N) is 2. The third-order valence-electron chi connectivity index (χ3n) is 5.62. The first kappa shape index (κ1) is 20.5. The molecule has 0 radical (unpaired) electrons. The Bertz CT molecular complexity index is 952. The molecule has 0 spiro atoms. The predicted octanol–water partition coefficient (Wildman–Crippen LogP) is 2.96. The number of benzene rings is 2. The summed E-state index contributed by atoms with van der Waals surface area (Å²) in [7, 11) is 0. The van der Waals surface area contributed by atoms with Crippen molar-refractivity contribution in [1.29, 1.82) is 0 Å². The number of carbonyl (C=O) groups is 3.